The van der Waals surface area contributed by atoms with Gasteiger partial charge < -0.3 is 10.2 Å². The third-order valence-electron chi connectivity index (χ3n) is 7.58. The van der Waals surface area contributed by atoms with E-state index in [1.54, 1.807) is 6.20 Å². The average Bonchev–Trinajstić information content (AvgIpc) is 3.28. The van der Waals surface area contributed by atoms with E-state index in [4.69, 9.17) is 0 Å². The van der Waals surface area contributed by atoms with Crippen LogP contribution in [0.5, 0.6) is 0 Å². The number of nitrogens with zero attached hydrogens (tertiary/aromatic N) is 2. The third-order valence-corrected chi connectivity index (χ3v) is 7.58. The lowest BCUT2D eigenvalue weighted by molar-refractivity contribution is -0.127. The quantitative estimate of drug-likeness (QED) is 0.792. The molecule has 1 N–H and O–H groups in total. The van der Waals surface area contributed by atoms with Gasteiger partial charge >= 0.3 is 0 Å². The summed E-state index contributed by atoms with van der Waals surface area (Å²) in [6.45, 7) is 0.409. The highest BCUT2D eigenvalue weighted by Gasteiger charge is 2.57. The Balaban J connectivity index is 1.54. The Bertz CT molecular complexity index is 946. The molecular weight excluding hydrogens is 386 g/mol. The van der Waals surface area contributed by atoms with Crippen LogP contribution in [0, 0.1) is 0 Å². The van der Waals surface area contributed by atoms with Gasteiger partial charge in [-0.3, -0.25) is 14.6 Å². The van der Waals surface area contributed by atoms with Crippen LogP contribution in [0.15, 0.2) is 48.7 Å². The Morgan fingerprint density at radius 3 is 2.48 bits per heavy atom. The molecule has 1 spiro atoms. The summed E-state index contributed by atoms with van der Waals surface area (Å²) in [4.78, 5) is 34.1. The molecule has 1 aromatic carbocycles. The summed E-state index contributed by atoms with van der Waals surface area (Å²) in [6, 6.07) is 13.8. The van der Waals surface area contributed by atoms with Gasteiger partial charge in [0.05, 0.1) is 23.7 Å². The average molecular weight is 418 g/mol. The molecule has 5 heteroatoms. The molecule has 162 valence electrons. The second-order valence-corrected chi connectivity index (χ2v) is 9.34. The number of rotatable bonds is 4. The van der Waals surface area contributed by atoms with Gasteiger partial charge in [0.1, 0.15) is 0 Å². The molecule has 2 saturated carbocycles. The molecule has 2 heterocycles. The van der Waals surface area contributed by atoms with Crippen LogP contribution >= 0.6 is 0 Å². The first kappa shape index (κ1) is 20.2. The number of nitrogens with one attached hydrogen (secondary N) is 1. The largest absolute Gasteiger partial charge is 0.350 e. The summed E-state index contributed by atoms with van der Waals surface area (Å²) in [6.07, 6.45) is 11.4. The highest BCUT2D eigenvalue weighted by Crippen LogP contribution is 2.52. The van der Waals surface area contributed by atoms with E-state index >= 15 is 0 Å². The molecule has 2 amide bonds. The fourth-order valence-corrected chi connectivity index (χ4v) is 6.26. The first-order chi connectivity index (χ1) is 15.2. The van der Waals surface area contributed by atoms with Gasteiger partial charge in [-0.2, -0.15) is 0 Å². The number of fused-ring (bicyclic) bond motifs is 1. The van der Waals surface area contributed by atoms with E-state index in [1.807, 2.05) is 42.5 Å². The molecule has 0 unspecified atom stereocenters. The van der Waals surface area contributed by atoms with Crippen LogP contribution in [-0.2, 0) is 11.3 Å². The van der Waals surface area contributed by atoms with Gasteiger partial charge in [-0.15, -0.1) is 0 Å². The summed E-state index contributed by atoms with van der Waals surface area (Å²) in [5.74, 6) is -0.166. The van der Waals surface area contributed by atoms with Crippen molar-refractivity contribution in [1.82, 2.24) is 15.2 Å². The zero-order valence-corrected chi connectivity index (χ0v) is 18.1. The molecule has 0 radical (unpaired) electrons. The Kier molecular flexibility index (Phi) is 5.51. The van der Waals surface area contributed by atoms with Crippen molar-refractivity contribution in [3.63, 3.8) is 0 Å². The van der Waals surface area contributed by atoms with Crippen LogP contribution in [-0.4, -0.2) is 33.3 Å². The van der Waals surface area contributed by atoms with E-state index in [0.29, 0.717) is 12.1 Å². The topological polar surface area (TPSA) is 62.3 Å². The molecule has 1 aliphatic heterocycles. The van der Waals surface area contributed by atoms with Crippen LogP contribution in [0.3, 0.4) is 0 Å². The van der Waals surface area contributed by atoms with Crippen LogP contribution < -0.4 is 5.32 Å². The van der Waals surface area contributed by atoms with Gasteiger partial charge in [-0.25, -0.2) is 0 Å². The minimum absolute atomic E-state index is 0.0216. The SMILES string of the molecule is O=C(NCc1ccccn1)[C@H]1c2ccccc2C(=O)N(C2CCCCC2)C12CCCC2. The molecule has 2 aromatic rings. The maximum absolute atomic E-state index is 13.8. The predicted molar refractivity (Wildman–Crippen MR) is 120 cm³/mol. The maximum atomic E-state index is 13.8. The van der Waals surface area contributed by atoms with E-state index in [0.717, 1.165) is 49.8 Å². The highest BCUT2D eigenvalue weighted by molar-refractivity contribution is 6.02. The summed E-state index contributed by atoms with van der Waals surface area (Å²) < 4.78 is 0. The van der Waals surface area contributed by atoms with Crippen LogP contribution in [0.25, 0.3) is 0 Å². The predicted octanol–water partition coefficient (Wildman–Crippen LogP) is 4.58. The normalized spacial score (nSPS) is 23.0. The standard InChI is InChI=1S/C26H31N3O2/c30-24(28-18-19-10-6-9-17-27-19)23-21-13-4-5-14-22(21)25(31)29(20-11-2-1-3-12-20)26(23)15-7-8-16-26/h4-6,9-10,13-14,17,20,23H,1-3,7-8,11-12,15-16,18H2,(H,28,30)/t23-/m1/s1. The lowest BCUT2D eigenvalue weighted by Crippen LogP contribution is -2.63. The number of pyridine rings is 1. The van der Waals surface area contributed by atoms with Crippen molar-refractivity contribution in [2.45, 2.75) is 81.8 Å². The number of hydrogen-bond donors (Lipinski definition) is 1. The Morgan fingerprint density at radius 2 is 1.74 bits per heavy atom. The molecule has 2 aliphatic carbocycles. The number of aromatic nitrogens is 1. The van der Waals surface area contributed by atoms with Crippen molar-refractivity contribution in [3.05, 3.63) is 65.5 Å². The minimum atomic E-state index is -0.401. The molecule has 5 rings (SSSR count). The van der Waals surface area contributed by atoms with Crippen molar-refractivity contribution in [3.8, 4) is 0 Å². The zero-order valence-electron chi connectivity index (χ0n) is 18.1. The number of carbonyl (C=O) groups is 2. The molecule has 0 bridgehead atoms. The first-order valence-electron chi connectivity index (χ1n) is 11.8. The Hall–Kier alpha value is -2.69. The summed E-state index contributed by atoms with van der Waals surface area (Å²) in [5, 5.41) is 3.16. The molecule has 1 atom stereocenters. The van der Waals surface area contributed by atoms with E-state index in [2.05, 4.69) is 15.2 Å². The van der Waals surface area contributed by atoms with Gasteiger partial charge in [0.2, 0.25) is 5.91 Å². The molecular formula is C26H31N3O2. The second-order valence-electron chi connectivity index (χ2n) is 9.34. The lowest BCUT2D eigenvalue weighted by atomic mass is 9.69. The zero-order chi connectivity index (χ0) is 21.3. The third kappa shape index (κ3) is 3.54. The van der Waals surface area contributed by atoms with Gasteiger partial charge in [-0.1, -0.05) is 56.4 Å². The van der Waals surface area contributed by atoms with Gasteiger partial charge in [0.15, 0.2) is 0 Å². The van der Waals surface area contributed by atoms with Crippen molar-refractivity contribution in [2.24, 2.45) is 0 Å². The van der Waals surface area contributed by atoms with E-state index in [1.165, 1.54) is 19.3 Å². The fourth-order valence-electron chi connectivity index (χ4n) is 6.26. The van der Waals surface area contributed by atoms with E-state index in [-0.39, 0.29) is 23.8 Å². The fraction of sp³-hybridized carbons (Fsp3) is 0.500. The van der Waals surface area contributed by atoms with E-state index in [9.17, 15) is 9.59 Å². The summed E-state index contributed by atoms with van der Waals surface area (Å²) in [5.41, 5.74) is 2.06. The lowest BCUT2D eigenvalue weighted by Gasteiger charge is -2.53. The number of hydrogen-bond acceptors (Lipinski definition) is 3. The molecule has 5 nitrogen and oxygen atoms in total. The number of benzene rings is 1. The van der Waals surface area contributed by atoms with Crippen molar-refractivity contribution >= 4 is 11.8 Å². The van der Waals surface area contributed by atoms with Crippen molar-refractivity contribution < 1.29 is 9.59 Å². The van der Waals surface area contributed by atoms with E-state index < -0.39 is 5.54 Å². The molecule has 1 aromatic heterocycles. The monoisotopic (exact) mass is 417 g/mol. The molecule has 0 saturated heterocycles. The first-order valence-corrected chi connectivity index (χ1v) is 11.8. The Morgan fingerprint density at radius 1 is 1.00 bits per heavy atom. The van der Waals surface area contributed by atoms with Gasteiger partial charge in [0, 0.05) is 17.8 Å². The Labute approximate surface area is 184 Å². The van der Waals surface area contributed by atoms with Crippen LogP contribution in [0.1, 0.15) is 85.3 Å². The minimum Gasteiger partial charge on any atom is -0.350 e. The molecule has 3 aliphatic rings. The summed E-state index contributed by atoms with van der Waals surface area (Å²) >= 11 is 0. The molecule has 2 fully saturated rings. The van der Waals surface area contributed by atoms with Gasteiger partial charge in [-0.05, 0) is 49.4 Å². The van der Waals surface area contributed by atoms with Gasteiger partial charge in [0.25, 0.3) is 5.91 Å². The van der Waals surface area contributed by atoms with Crippen molar-refractivity contribution in [1.29, 1.82) is 0 Å². The maximum Gasteiger partial charge on any atom is 0.254 e. The number of carbonyl (C=O) groups excluding carboxylic acids is 2. The van der Waals surface area contributed by atoms with Crippen LogP contribution in [0.2, 0.25) is 0 Å². The highest BCUT2D eigenvalue weighted by atomic mass is 16.2. The van der Waals surface area contributed by atoms with Crippen molar-refractivity contribution in [2.75, 3.05) is 0 Å². The van der Waals surface area contributed by atoms with Crippen LogP contribution in [0.4, 0.5) is 0 Å². The number of amides is 2. The smallest absolute Gasteiger partial charge is 0.254 e. The molecule has 31 heavy (non-hydrogen) atoms. The second kappa shape index (κ2) is 8.45. The summed E-state index contributed by atoms with van der Waals surface area (Å²) in [7, 11) is 0.